The van der Waals surface area contributed by atoms with Crippen LogP contribution in [0.3, 0.4) is 0 Å². The van der Waals surface area contributed by atoms with E-state index in [0.29, 0.717) is 0 Å². The Balaban J connectivity index is 1.70. The van der Waals surface area contributed by atoms with Crippen molar-refractivity contribution in [3.05, 3.63) is 54.4 Å². The highest BCUT2D eigenvalue weighted by Crippen LogP contribution is 2.20. The zero-order valence-electron chi connectivity index (χ0n) is 12.1. The van der Waals surface area contributed by atoms with Gasteiger partial charge in [0.1, 0.15) is 11.4 Å². The average Bonchev–Trinajstić information content (AvgIpc) is 2.95. The monoisotopic (exact) mass is 281 g/mol. The molecule has 0 atom stereocenters. The fourth-order valence-electron chi connectivity index (χ4n) is 2.27. The molecule has 0 fully saturated rings. The molecule has 4 heteroatoms. The maximum Gasteiger partial charge on any atom is 0.137 e. The number of aromatic amines is 1. The van der Waals surface area contributed by atoms with E-state index in [2.05, 4.69) is 28.3 Å². The van der Waals surface area contributed by atoms with E-state index in [-0.39, 0.29) is 0 Å². The Labute approximate surface area is 124 Å². The van der Waals surface area contributed by atoms with Crippen molar-refractivity contribution < 1.29 is 4.74 Å². The molecular weight excluding hydrogens is 262 g/mol. The molecule has 3 aromatic rings. The second kappa shape index (κ2) is 6.31. The lowest BCUT2D eigenvalue weighted by atomic mass is 10.2. The Morgan fingerprint density at radius 3 is 3.10 bits per heavy atom. The lowest BCUT2D eigenvalue weighted by Crippen LogP contribution is -2.00. The van der Waals surface area contributed by atoms with Crippen LogP contribution in [0.4, 0.5) is 5.69 Å². The van der Waals surface area contributed by atoms with Crippen molar-refractivity contribution in [3.8, 4) is 5.75 Å². The molecule has 0 aliphatic heterocycles. The van der Waals surface area contributed by atoms with Crippen LogP contribution in [0.5, 0.6) is 5.75 Å². The number of hydrogen-bond acceptors (Lipinski definition) is 3. The summed E-state index contributed by atoms with van der Waals surface area (Å²) in [5, 5.41) is 4.58. The second-order valence-electron chi connectivity index (χ2n) is 4.94. The van der Waals surface area contributed by atoms with Gasteiger partial charge >= 0.3 is 0 Å². The zero-order valence-corrected chi connectivity index (χ0v) is 12.1. The Morgan fingerprint density at radius 2 is 2.19 bits per heavy atom. The largest absolute Gasteiger partial charge is 0.494 e. The molecule has 0 aliphatic rings. The lowest BCUT2D eigenvalue weighted by molar-refractivity contribution is 0.317. The number of pyridine rings is 1. The average molecular weight is 281 g/mol. The quantitative estimate of drug-likeness (QED) is 0.719. The number of H-pyrrole nitrogens is 1. The first-order valence-corrected chi connectivity index (χ1v) is 7.24. The third-order valence-corrected chi connectivity index (χ3v) is 3.33. The topological polar surface area (TPSA) is 49.9 Å². The van der Waals surface area contributed by atoms with Crippen LogP contribution in [-0.2, 0) is 6.54 Å². The van der Waals surface area contributed by atoms with Gasteiger partial charge in [0, 0.05) is 36.1 Å². The maximum absolute atomic E-state index is 5.65. The van der Waals surface area contributed by atoms with Crippen LogP contribution in [0.15, 0.2) is 48.8 Å². The van der Waals surface area contributed by atoms with Gasteiger partial charge in [-0.2, -0.15) is 0 Å². The number of anilines is 1. The SMILES string of the molecule is CCCOc1cccc(NCc2c[nH]c3ncccc23)c1. The molecule has 0 saturated carbocycles. The molecule has 3 rings (SSSR count). The van der Waals surface area contributed by atoms with Crippen LogP contribution in [0.1, 0.15) is 18.9 Å². The Hall–Kier alpha value is -2.49. The van der Waals surface area contributed by atoms with Gasteiger partial charge in [-0.3, -0.25) is 0 Å². The predicted octanol–water partition coefficient (Wildman–Crippen LogP) is 3.96. The van der Waals surface area contributed by atoms with Gasteiger partial charge < -0.3 is 15.0 Å². The zero-order chi connectivity index (χ0) is 14.5. The summed E-state index contributed by atoms with van der Waals surface area (Å²) < 4.78 is 5.65. The number of fused-ring (bicyclic) bond motifs is 1. The smallest absolute Gasteiger partial charge is 0.137 e. The first kappa shape index (κ1) is 13.5. The van der Waals surface area contributed by atoms with E-state index < -0.39 is 0 Å². The first-order valence-electron chi connectivity index (χ1n) is 7.24. The summed E-state index contributed by atoms with van der Waals surface area (Å²) in [4.78, 5) is 7.49. The molecule has 21 heavy (non-hydrogen) atoms. The molecule has 0 saturated heterocycles. The summed E-state index contributed by atoms with van der Waals surface area (Å²) in [6, 6.07) is 12.1. The Bertz CT molecular complexity index is 721. The molecule has 0 aliphatic carbocycles. The van der Waals surface area contributed by atoms with Crippen molar-refractivity contribution in [1.29, 1.82) is 0 Å². The standard InChI is InChI=1S/C17H19N3O/c1-2-9-21-15-6-3-5-14(10-15)19-11-13-12-20-17-16(13)7-4-8-18-17/h3-8,10,12,19H,2,9,11H2,1H3,(H,18,20). The van der Waals surface area contributed by atoms with E-state index in [0.717, 1.165) is 42.0 Å². The highest BCUT2D eigenvalue weighted by atomic mass is 16.5. The van der Waals surface area contributed by atoms with E-state index in [1.165, 1.54) is 5.56 Å². The molecule has 108 valence electrons. The van der Waals surface area contributed by atoms with Gasteiger partial charge in [0.15, 0.2) is 0 Å². The van der Waals surface area contributed by atoms with E-state index in [1.807, 2.05) is 36.5 Å². The Morgan fingerprint density at radius 1 is 1.24 bits per heavy atom. The highest BCUT2D eigenvalue weighted by Gasteiger charge is 2.04. The molecule has 0 radical (unpaired) electrons. The molecule has 0 amide bonds. The first-order chi connectivity index (χ1) is 10.4. The lowest BCUT2D eigenvalue weighted by Gasteiger charge is -2.09. The van der Waals surface area contributed by atoms with Crippen LogP contribution in [0.25, 0.3) is 11.0 Å². The molecule has 2 N–H and O–H groups in total. The van der Waals surface area contributed by atoms with Gasteiger partial charge in [0.25, 0.3) is 0 Å². The number of nitrogens with zero attached hydrogens (tertiary/aromatic N) is 1. The van der Waals surface area contributed by atoms with Gasteiger partial charge in [-0.15, -0.1) is 0 Å². The second-order valence-corrected chi connectivity index (χ2v) is 4.94. The summed E-state index contributed by atoms with van der Waals surface area (Å²) in [6.07, 6.45) is 4.81. The minimum Gasteiger partial charge on any atom is -0.494 e. The van der Waals surface area contributed by atoms with Crippen LogP contribution in [0.2, 0.25) is 0 Å². The van der Waals surface area contributed by atoms with Crippen LogP contribution >= 0.6 is 0 Å². The van der Waals surface area contributed by atoms with E-state index in [1.54, 1.807) is 6.20 Å². The van der Waals surface area contributed by atoms with Crippen molar-refractivity contribution in [2.75, 3.05) is 11.9 Å². The summed E-state index contributed by atoms with van der Waals surface area (Å²) >= 11 is 0. The minimum absolute atomic E-state index is 0.748. The predicted molar refractivity (Wildman–Crippen MR) is 85.6 cm³/mol. The minimum atomic E-state index is 0.748. The van der Waals surface area contributed by atoms with Gasteiger partial charge in [-0.1, -0.05) is 13.0 Å². The Kier molecular flexibility index (Phi) is 4.05. The van der Waals surface area contributed by atoms with Gasteiger partial charge in [0.05, 0.1) is 6.61 Å². The van der Waals surface area contributed by atoms with Gasteiger partial charge in [-0.05, 0) is 36.2 Å². The fourth-order valence-corrected chi connectivity index (χ4v) is 2.27. The van der Waals surface area contributed by atoms with Crippen molar-refractivity contribution in [3.63, 3.8) is 0 Å². The summed E-state index contributed by atoms with van der Waals surface area (Å²) in [6.45, 7) is 3.60. The van der Waals surface area contributed by atoms with Crippen molar-refractivity contribution in [1.82, 2.24) is 9.97 Å². The van der Waals surface area contributed by atoms with Gasteiger partial charge in [0.2, 0.25) is 0 Å². The fraction of sp³-hybridized carbons (Fsp3) is 0.235. The molecule has 0 bridgehead atoms. The normalized spacial score (nSPS) is 10.7. The van der Waals surface area contributed by atoms with Crippen molar-refractivity contribution >= 4 is 16.7 Å². The number of benzene rings is 1. The summed E-state index contributed by atoms with van der Waals surface area (Å²) in [5.41, 5.74) is 3.19. The molecule has 0 unspecified atom stereocenters. The van der Waals surface area contributed by atoms with Crippen molar-refractivity contribution in [2.45, 2.75) is 19.9 Å². The summed E-state index contributed by atoms with van der Waals surface area (Å²) in [7, 11) is 0. The highest BCUT2D eigenvalue weighted by molar-refractivity contribution is 5.79. The molecule has 2 aromatic heterocycles. The van der Waals surface area contributed by atoms with Gasteiger partial charge in [-0.25, -0.2) is 4.98 Å². The third-order valence-electron chi connectivity index (χ3n) is 3.33. The molecule has 2 heterocycles. The third kappa shape index (κ3) is 3.16. The van der Waals surface area contributed by atoms with Crippen LogP contribution in [-0.4, -0.2) is 16.6 Å². The number of hydrogen-bond donors (Lipinski definition) is 2. The van der Waals surface area contributed by atoms with E-state index in [4.69, 9.17) is 4.74 Å². The number of nitrogens with one attached hydrogen (secondary N) is 2. The van der Waals surface area contributed by atoms with Crippen LogP contribution in [0, 0.1) is 0 Å². The molecule has 0 spiro atoms. The maximum atomic E-state index is 5.65. The molecule has 1 aromatic carbocycles. The number of ether oxygens (including phenoxy) is 1. The van der Waals surface area contributed by atoms with E-state index >= 15 is 0 Å². The molecular formula is C17H19N3O. The number of rotatable bonds is 6. The van der Waals surface area contributed by atoms with Crippen molar-refractivity contribution in [2.24, 2.45) is 0 Å². The molecule has 4 nitrogen and oxygen atoms in total. The summed E-state index contributed by atoms with van der Waals surface area (Å²) in [5.74, 6) is 0.905. The van der Waals surface area contributed by atoms with Crippen LogP contribution < -0.4 is 10.1 Å². The van der Waals surface area contributed by atoms with E-state index in [9.17, 15) is 0 Å². The number of aromatic nitrogens is 2.